The van der Waals surface area contributed by atoms with E-state index in [1.165, 1.54) is 52.0 Å². The highest BCUT2D eigenvalue weighted by Crippen LogP contribution is 2.67. The molecule has 9 nitrogen and oxygen atoms in total. The van der Waals surface area contributed by atoms with Crippen LogP contribution in [-0.2, 0) is 42.5 Å². The molecule has 0 unspecified atom stereocenters. The summed E-state index contributed by atoms with van der Waals surface area (Å²) >= 11 is 0. The van der Waals surface area contributed by atoms with Crippen molar-refractivity contribution in [2.24, 2.45) is 5.92 Å². The molecule has 0 amide bonds. The molecule has 1 saturated carbocycles. The van der Waals surface area contributed by atoms with E-state index in [4.69, 9.17) is 23.3 Å². The van der Waals surface area contributed by atoms with Crippen molar-refractivity contribution >= 4 is 23.4 Å². The third-order valence-corrected chi connectivity index (χ3v) is 10.4. The van der Waals surface area contributed by atoms with E-state index >= 15 is 8.78 Å². The summed E-state index contributed by atoms with van der Waals surface area (Å²) < 4.78 is 100. The molecule has 1 aliphatic carbocycles. The molecule has 2 fully saturated rings. The maximum Gasteiger partial charge on any atom is 0.399 e. The number of halogens is 2. The highest BCUT2D eigenvalue weighted by atomic mass is 32.2. The van der Waals surface area contributed by atoms with Crippen molar-refractivity contribution in [3.63, 3.8) is 0 Å². The number of esters is 1. The van der Waals surface area contributed by atoms with Gasteiger partial charge in [-0.05, 0) is 46.2 Å². The minimum Gasteiger partial charge on any atom is -0.458 e. The Morgan fingerprint density at radius 2 is 1.71 bits per heavy atom. The van der Waals surface area contributed by atoms with Crippen molar-refractivity contribution in [3.05, 3.63) is 30.3 Å². The van der Waals surface area contributed by atoms with E-state index in [1.54, 1.807) is 6.07 Å². The van der Waals surface area contributed by atoms with Gasteiger partial charge in [-0.2, -0.15) is 8.78 Å². The first kappa shape index (κ1) is 28.1. The molecule has 1 aliphatic heterocycles. The molecule has 198 valence electrons. The number of ether oxygens (including phenoxy) is 3. The van der Waals surface area contributed by atoms with E-state index in [1.807, 2.05) is 0 Å². The zero-order valence-corrected chi connectivity index (χ0v) is 21.9. The maximum absolute atomic E-state index is 16.2. The van der Waals surface area contributed by atoms with Crippen molar-refractivity contribution in [3.8, 4) is 0 Å². The van der Waals surface area contributed by atoms with Crippen LogP contribution in [0.15, 0.2) is 35.2 Å². The summed E-state index contributed by atoms with van der Waals surface area (Å²) in [7, 11) is -9.73. The third kappa shape index (κ3) is 5.33. The Morgan fingerprint density at radius 1 is 1.14 bits per heavy atom. The van der Waals surface area contributed by atoms with E-state index in [9.17, 15) is 17.8 Å². The largest absolute Gasteiger partial charge is 0.458 e. The van der Waals surface area contributed by atoms with Crippen LogP contribution in [0.25, 0.3) is 0 Å². The highest BCUT2D eigenvalue weighted by Gasteiger charge is 2.69. The lowest BCUT2D eigenvalue weighted by atomic mass is 9.82. The van der Waals surface area contributed by atoms with Crippen molar-refractivity contribution in [1.82, 2.24) is 0 Å². The van der Waals surface area contributed by atoms with Crippen molar-refractivity contribution in [2.45, 2.75) is 80.9 Å². The standard InChI is InChI=1S/C22H31F2O9PS/c1-6-29-34(26,30-7-2)22(23,24)16-13-17-18(33-21(4,5)32-17)19(31-14(3)25)20(16)35(27,28)15-11-9-8-10-12-15/h8-12,16-20H,6-7,13H2,1-5H3/t16-,17-,18-,19+,20+/m1/s1. The predicted octanol–water partition coefficient (Wildman–Crippen LogP) is 4.16. The van der Waals surface area contributed by atoms with Gasteiger partial charge in [0.2, 0.25) is 0 Å². The minimum atomic E-state index is -5.15. The second-order valence-corrected chi connectivity index (χ2v) is 13.0. The fraction of sp³-hybridized carbons (Fsp3) is 0.682. The van der Waals surface area contributed by atoms with Gasteiger partial charge in [0.05, 0.1) is 30.1 Å². The number of hydrogen-bond acceptors (Lipinski definition) is 9. The van der Waals surface area contributed by atoms with Crippen molar-refractivity contribution in [2.75, 3.05) is 13.2 Å². The number of sulfone groups is 1. The Morgan fingerprint density at radius 3 is 2.23 bits per heavy atom. The molecule has 0 N–H and O–H groups in total. The Bertz CT molecular complexity index is 1050. The normalized spacial score (nSPS) is 28.9. The molecular formula is C22H31F2O9PS. The third-order valence-electron chi connectivity index (χ3n) is 5.89. The summed E-state index contributed by atoms with van der Waals surface area (Å²) in [6.07, 6.45) is -4.45. The number of rotatable bonds is 9. The van der Waals surface area contributed by atoms with Crippen LogP contribution in [0, 0.1) is 5.92 Å². The average Bonchev–Trinajstić information content (AvgIpc) is 3.08. The van der Waals surface area contributed by atoms with Gasteiger partial charge in [-0.3, -0.25) is 9.36 Å². The van der Waals surface area contributed by atoms with Gasteiger partial charge in [-0.15, -0.1) is 0 Å². The van der Waals surface area contributed by atoms with Crippen molar-refractivity contribution < 1.29 is 49.8 Å². The minimum absolute atomic E-state index is 0.262. The van der Waals surface area contributed by atoms with Gasteiger partial charge in [0, 0.05) is 6.92 Å². The lowest BCUT2D eigenvalue weighted by Gasteiger charge is -2.45. The lowest BCUT2D eigenvalue weighted by Crippen LogP contribution is -2.60. The van der Waals surface area contributed by atoms with Gasteiger partial charge >= 0.3 is 19.2 Å². The fourth-order valence-electron chi connectivity index (χ4n) is 4.70. The molecule has 0 bridgehead atoms. The van der Waals surface area contributed by atoms with E-state index in [0.717, 1.165) is 6.92 Å². The van der Waals surface area contributed by atoms with Gasteiger partial charge in [0.1, 0.15) is 17.5 Å². The number of benzene rings is 1. The zero-order valence-electron chi connectivity index (χ0n) is 20.2. The summed E-state index contributed by atoms with van der Waals surface area (Å²) in [6, 6.07) is 6.96. The van der Waals surface area contributed by atoms with Gasteiger partial charge in [0.25, 0.3) is 0 Å². The van der Waals surface area contributed by atoms with E-state index in [0.29, 0.717) is 0 Å². The second kappa shape index (κ2) is 10.1. The first-order valence-corrected chi connectivity index (χ1v) is 14.4. The van der Waals surface area contributed by atoms with Crippen LogP contribution in [0.2, 0.25) is 0 Å². The molecule has 3 rings (SSSR count). The molecular weight excluding hydrogens is 509 g/mol. The average molecular weight is 541 g/mol. The van der Waals surface area contributed by atoms with Crippen LogP contribution in [0.4, 0.5) is 8.78 Å². The Kier molecular flexibility index (Phi) is 8.16. The van der Waals surface area contributed by atoms with Gasteiger partial charge < -0.3 is 23.3 Å². The van der Waals surface area contributed by atoms with Crippen LogP contribution in [-0.4, -0.2) is 62.6 Å². The first-order valence-electron chi connectivity index (χ1n) is 11.3. The number of alkyl halides is 2. The SMILES string of the molecule is CCOP(=O)(OCC)C(F)(F)[C@@H]1C[C@H]2OC(C)(C)O[C@H]2[C@H](OC(C)=O)[C@H]1S(=O)(=O)c1ccccc1. The van der Waals surface area contributed by atoms with Crippen LogP contribution >= 0.6 is 7.60 Å². The quantitative estimate of drug-likeness (QED) is 0.336. The summed E-state index contributed by atoms with van der Waals surface area (Å²) in [5, 5.41) is -2.03. The molecule has 1 heterocycles. The van der Waals surface area contributed by atoms with Gasteiger partial charge in [0.15, 0.2) is 15.6 Å². The molecule has 2 aliphatic rings. The van der Waals surface area contributed by atoms with Crippen LogP contribution in [0.3, 0.4) is 0 Å². The van der Waals surface area contributed by atoms with E-state index < -0.39 is 70.8 Å². The zero-order chi connectivity index (χ0) is 26.2. The van der Waals surface area contributed by atoms with E-state index in [2.05, 4.69) is 0 Å². The Balaban J connectivity index is 2.24. The number of carbonyl (C=O) groups is 1. The molecule has 1 aromatic carbocycles. The summed E-state index contributed by atoms with van der Waals surface area (Å²) in [5.41, 5.74) is -4.27. The summed E-state index contributed by atoms with van der Waals surface area (Å²) in [5.74, 6) is -4.31. The summed E-state index contributed by atoms with van der Waals surface area (Å²) in [6.45, 7) is 6.13. The topological polar surface area (TPSA) is 114 Å². The van der Waals surface area contributed by atoms with Crippen molar-refractivity contribution in [1.29, 1.82) is 0 Å². The summed E-state index contributed by atoms with van der Waals surface area (Å²) in [4.78, 5) is 11.8. The first-order chi connectivity index (χ1) is 16.2. The molecule has 0 aromatic heterocycles. The second-order valence-electron chi connectivity index (χ2n) is 8.80. The lowest BCUT2D eigenvalue weighted by molar-refractivity contribution is -0.171. The molecule has 35 heavy (non-hydrogen) atoms. The van der Waals surface area contributed by atoms with Gasteiger partial charge in [-0.1, -0.05) is 18.2 Å². The molecule has 1 aromatic rings. The number of carbonyl (C=O) groups excluding carboxylic acids is 1. The van der Waals surface area contributed by atoms with Crippen LogP contribution in [0.1, 0.15) is 41.0 Å². The van der Waals surface area contributed by atoms with E-state index in [-0.39, 0.29) is 18.1 Å². The molecule has 13 heteroatoms. The molecule has 0 radical (unpaired) electrons. The maximum atomic E-state index is 16.2. The van der Waals surface area contributed by atoms with Crippen LogP contribution in [0.5, 0.6) is 0 Å². The Labute approximate surface area is 203 Å². The highest BCUT2D eigenvalue weighted by molar-refractivity contribution is 7.92. The Hall–Kier alpha value is -1.43. The van der Waals surface area contributed by atoms with Gasteiger partial charge in [-0.25, -0.2) is 8.42 Å². The number of hydrogen-bond donors (Lipinski definition) is 0. The number of fused-ring (bicyclic) bond motifs is 1. The smallest absolute Gasteiger partial charge is 0.399 e. The predicted molar refractivity (Wildman–Crippen MR) is 121 cm³/mol. The monoisotopic (exact) mass is 540 g/mol. The van der Waals surface area contributed by atoms with Crippen LogP contribution < -0.4 is 0 Å². The molecule has 1 saturated heterocycles. The molecule has 0 spiro atoms. The fourth-order valence-corrected chi connectivity index (χ4v) is 8.70. The molecule has 5 atom stereocenters.